The number of aliphatic imine (C=N–C) groups is 1. The van der Waals surface area contributed by atoms with Crippen molar-refractivity contribution < 1.29 is 22.6 Å². The van der Waals surface area contributed by atoms with Crippen molar-refractivity contribution in [2.24, 2.45) is 30.9 Å². The fourth-order valence-electron chi connectivity index (χ4n) is 3.77. The Morgan fingerprint density at radius 1 is 1.10 bits per heavy atom. The molecule has 1 aliphatic carbocycles. The molecule has 0 saturated heterocycles. The lowest BCUT2D eigenvalue weighted by molar-refractivity contribution is -0.274. The molecule has 2 unspecified atom stereocenters. The van der Waals surface area contributed by atoms with Crippen molar-refractivity contribution >= 4 is 11.7 Å². The first-order valence-corrected chi connectivity index (χ1v) is 9.05. The van der Waals surface area contributed by atoms with Crippen molar-refractivity contribution in [2.75, 3.05) is 0 Å². The second kappa shape index (κ2) is 6.78. The second-order valence-corrected chi connectivity index (χ2v) is 7.23. The summed E-state index contributed by atoms with van der Waals surface area (Å²) in [7, 11) is 2.94. The Bertz CT molecular complexity index is 1120. The van der Waals surface area contributed by atoms with Gasteiger partial charge in [0.05, 0.1) is 5.56 Å². The molecule has 1 aromatic heterocycles. The van der Waals surface area contributed by atoms with E-state index < -0.39 is 17.8 Å². The molecule has 1 aromatic carbocycles. The molecule has 4 rings (SSSR count). The van der Waals surface area contributed by atoms with Crippen LogP contribution in [0.15, 0.2) is 38.8 Å². The Morgan fingerprint density at radius 2 is 1.83 bits per heavy atom. The van der Waals surface area contributed by atoms with E-state index in [9.17, 15) is 22.8 Å². The average molecular weight is 409 g/mol. The standard InChI is InChI=1S/C19H18F3N3O4/c1-24-15-14(17(26)25(2)18(24)27)8-10-6-7-13(10)16(23-15)28-11-4-3-5-12(9-11)29-19(20,21)22/h3-5,9-10,13H,6-8H2,1-2H3. The zero-order valence-corrected chi connectivity index (χ0v) is 15.7. The van der Waals surface area contributed by atoms with Crippen molar-refractivity contribution in [1.82, 2.24) is 9.13 Å². The van der Waals surface area contributed by atoms with Gasteiger partial charge in [0.15, 0.2) is 5.90 Å². The van der Waals surface area contributed by atoms with Crippen molar-refractivity contribution in [3.63, 3.8) is 0 Å². The second-order valence-electron chi connectivity index (χ2n) is 7.23. The third-order valence-electron chi connectivity index (χ3n) is 5.40. The van der Waals surface area contributed by atoms with E-state index in [-0.39, 0.29) is 34.9 Å². The van der Waals surface area contributed by atoms with Gasteiger partial charge in [-0.2, -0.15) is 4.99 Å². The van der Waals surface area contributed by atoms with E-state index in [1.165, 1.54) is 36.9 Å². The van der Waals surface area contributed by atoms with Crippen molar-refractivity contribution in [3.8, 4) is 11.5 Å². The van der Waals surface area contributed by atoms with Gasteiger partial charge >= 0.3 is 12.1 Å². The number of fused-ring (bicyclic) bond motifs is 2. The number of nitrogens with zero attached hydrogens (tertiary/aromatic N) is 3. The zero-order chi connectivity index (χ0) is 20.9. The summed E-state index contributed by atoms with van der Waals surface area (Å²) in [5.74, 6) is 0.284. The highest BCUT2D eigenvalue weighted by Gasteiger charge is 2.40. The quantitative estimate of drug-likeness (QED) is 0.765. The lowest BCUT2D eigenvalue weighted by atomic mass is 9.71. The number of benzene rings is 1. The minimum atomic E-state index is -4.81. The first kappa shape index (κ1) is 19.3. The highest BCUT2D eigenvalue weighted by Crippen LogP contribution is 2.42. The van der Waals surface area contributed by atoms with Crippen LogP contribution in [-0.4, -0.2) is 21.4 Å². The Kier molecular flexibility index (Phi) is 4.51. The maximum absolute atomic E-state index is 12.6. The van der Waals surface area contributed by atoms with Gasteiger partial charge in [-0.1, -0.05) is 6.07 Å². The van der Waals surface area contributed by atoms with Crippen LogP contribution >= 0.6 is 0 Å². The third kappa shape index (κ3) is 3.54. The molecule has 0 radical (unpaired) electrons. The fraction of sp³-hybridized carbons (Fsp3) is 0.421. The molecule has 1 saturated carbocycles. The summed E-state index contributed by atoms with van der Waals surface area (Å²) in [6.07, 6.45) is -2.69. The van der Waals surface area contributed by atoms with Crippen LogP contribution in [0.5, 0.6) is 11.5 Å². The maximum Gasteiger partial charge on any atom is 0.573 e. The molecule has 154 valence electrons. The van der Waals surface area contributed by atoms with E-state index in [1.54, 1.807) is 0 Å². The first-order valence-electron chi connectivity index (χ1n) is 9.05. The summed E-state index contributed by atoms with van der Waals surface area (Å²) in [6, 6.07) is 5.17. The first-order chi connectivity index (χ1) is 13.6. The summed E-state index contributed by atoms with van der Waals surface area (Å²) in [5.41, 5.74) is -0.456. The molecule has 1 fully saturated rings. The van der Waals surface area contributed by atoms with Crippen molar-refractivity contribution in [2.45, 2.75) is 25.6 Å². The van der Waals surface area contributed by atoms with Gasteiger partial charge in [-0.3, -0.25) is 13.9 Å². The number of hydrogen-bond acceptors (Lipinski definition) is 5. The molecule has 2 atom stereocenters. The van der Waals surface area contributed by atoms with Crippen LogP contribution in [-0.2, 0) is 20.5 Å². The van der Waals surface area contributed by atoms with E-state index in [0.717, 1.165) is 23.5 Å². The lowest BCUT2D eigenvalue weighted by Crippen LogP contribution is -2.40. The molecule has 2 aliphatic rings. The van der Waals surface area contributed by atoms with Gasteiger partial charge < -0.3 is 9.47 Å². The largest absolute Gasteiger partial charge is 0.573 e. The van der Waals surface area contributed by atoms with Crippen LogP contribution in [0.25, 0.3) is 0 Å². The monoisotopic (exact) mass is 409 g/mol. The van der Waals surface area contributed by atoms with Crippen LogP contribution in [0.3, 0.4) is 0 Å². The summed E-state index contributed by atoms with van der Waals surface area (Å²) >= 11 is 0. The van der Waals surface area contributed by atoms with Crippen LogP contribution in [0.4, 0.5) is 19.0 Å². The van der Waals surface area contributed by atoms with E-state index in [4.69, 9.17) is 4.74 Å². The predicted molar refractivity (Wildman–Crippen MR) is 97.7 cm³/mol. The van der Waals surface area contributed by atoms with Gasteiger partial charge in [0, 0.05) is 26.1 Å². The zero-order valence-electron chi connectivity index (χ0n) is 15.7. The molecule has 29 heavy (non-hydrogen) atoms. The molecule has 0 bridgehead atoms. The van der Waals surface area contributed by atoms with Gasteiger partial charge in [0.1, 0.15) is 17.3 Å². The summed E-state index contributed by atoms with van der Waals surface area (Å²) in [6.45, 7) is 0. The van der Waals surface area contributed by atoms with Gasteiger partial charge in [-0.05, 0) is 37.3 Å². The Morgan fingerprint density at radius 3 is 2.48 bits per heavy atom. The molecule has 2 aromatic rings. The molecule has 1 aliphatic heterocycles. The fourth-order valence-corrected chi connectivity index (χ4v) is 3.77. The highest BCUT2D eigenvalue weighted by molar-refractivity contribution is 5.85. The number of halogens is 3. The molecule has 7 nitrogen and oxygen atoms in total. The Labute approximate surface area is 163 Å². The van der Waals surface area contributed by atoms with Crippen molar-refractivity contribution in [3.05, 3.63) is 50.7 Å². The molecule has 10 heteroatoms. The predicted octanol–water partition coefficient (Wildman–Crippen LogP) is 2.67. The van der Waals surface area contributed by atoms with Crippen molar-refractivity contribution in [1.29, 1.82) is 0 Å². The number of rotatable bonds is 2. The number of ether oxygens (including phenoxy) is 2. The van der Waals surface area contributed by atoms with E-state index in [1.807, 2.05) is 0 Å². The highest BCUT2D eigenvalue weighted by atomic mass is 19.4. The molecular weight excluding hydrogens is 391 g/mol. The number of aromatic nitrogens is 2. The molecule has 0 spiro atoms. The topological polar surface area (TPSA) is 74.8 Å². The molecular formula is C19H18F3N3O4. The summed E-state index contributed by atoms with van der Waals surface area (Å²) in [5, 5.41) is 0. The van der Waals surface area contributed by atoms with E-state index in [2.05, 4.69) is 9.73 Å². The number of hydrogen-bond donors (Lipinski definition) is 0. The SMILES string of the molecule is Cn1c2c(c(=O)n(C)c1=O)CC1CCC1C(Oc1cccc(OC(F)(F)F)c1)=N2. The van der Waals surface area contributed by atoms with Crippen LogP contribution in [0.2, 0.25) is 0 Å². The van der Waals surface area contributed by atoms with Gasteiger partial charge in [0.25, 0.3) is 5.56 Å². The average Bonchev–Trinajstić information content (AvgIpc) is 2.71. The Balaban J connectivity index is 1.75. The van der Waals surface area contributed by atoms with Gasteiger partial charge in [-0.15, -0.1) is 13.2 Å². The maximum atomic E-state index is 12.6. The smallest absolute Gasteiger partial charge is 0.442 e. The third-order valence-corrected chi connectivity index (χ3v) is 5.40. The van der Waals surface area contributed by atoms with Crippen LogP contribution in [0, 0.1) is 11.8 Å². The van der Waals surface area contributed by atoms with E-state index in [0.29, 0.717) is 12.0 Å². The molecule has 2 heterocycles. The lowest BCUT2D eigenvalue weighted by Gasteiger charge is -2.35. The molecule has 0 N–H and O–H groups in total. The van der Waals surface area contributed by atoms with Crippen LogP contribution < -0.4 is 20.7 Å². The van der Waals surface area contributed by atoms with Crippen LogP contribution in [0.1, 0.15) is 18.4 Å². The van der Waals surface area contributed by atoms with E-state index >= 15 is 0 Å². The van der Waals surface area contributed by atoms with Gasteiger partial charge in [0.2, 0.25) is 0 Å². The summed E-state index contributed by atoms with van der Waals surface area (Å²) < 4.78 is 49.5. The Hall–Kier alpha value is -3.04. The minimum Gasteiger partial charge on any atom is -0.442 e. The minimum absolute atomic E-state index is 0.0746. The normalized spacial score (nSPS) is 20.7. The number of alkyl halides is 3. The molecule has 0 amide bonds. The van der Waals surface area contributed by atoms with Gasteiger partial charge in [-0.25, -0.2) is 4.79 Å². The summed E-state index contributed by atoms with van der Waals surface area (Å²) in [4.78, 5) is 29.3.